The van der Waals surface area contributed by atoms with E-state index in [0.29, 0.717) is 5.56 Å². The van der Waals surface area contributed by atoms with Crippen molar-refractivity contribution in [1.29, 1.82) is 5.26 Å². The first kappa shape index (κ1) is 15.1. The van der Waals surface area contributed by atoms with Crippen molar-refractivity contribution in [3.05, 3.63) is 70.8 Å². The topological polar surface area (TPSA) is 40.9 Å². The van der Waals surface area contributed by atoms with Crippen LogP contribution in [0.5, 0.6) is 0 Å². The predicted octanol–water partition coefficient (Wildman–Crippen LogP) is 4.51. The molecule has 0 aliphatic rings. The van der Waals surface area contributed by atoms with Gasteiger partial charge in [0, 0.05) is 10.5 Å². The Hall–Kier alpha value is -2.31. The molecular formula is C18H15NOS. The molecule has 0 radical (unpaired) electrons. The van der Waals surface area contributed by atoms with Gasteiger partial charge in [-0.15, -0.1) is 11.8 Å². The van der Waals surface area contributed by atoms with E-state index in [4.69, 9.17) is 0 Å². The van der Waals surface area contributed by atoms with E-state index in [1.165, 1.54) is 0 Å². The van der Waals surface area contributed by atoms with E-state index in [2.05, 4.69) is 0 Å². The summed E-state index contributed by atoms with van der Waals surface area (Å²) in [5.41, 5.74) is 2.55. The molecule has 0 heterocycles. The fraction of sp³-hybridized carbons (Fsp3) is 0.111. The third kappa shape index (κ3) is 3.84. The number of carbonyl (C=O) groups is 1. The molecule has 2 nitrogen and oxygen atoms in total. The lowest BCUT2D eigenvalue weighted by molar-refractivity contribution is 0.104. The Bertz CT molecular complexity index is 724. The second-order valence-corrected chi connectivity index (χ2v) is 5.52. The summed E-state index contributed by atoms with van der Waals surface area (Å²) in [5, 5.41) is 9.25. The van der Waals surface area contributed by atoms with Crippen molar-refractivity contribution in [3.8, 4) is 6.07 Å². The van der Waals surface area contributed by atoms with Crippen LogP contribution in [0.15, 0.2) is 59.0 Å². The summed E-state index contributed by atoms with van der Waals surface area (Å²) in [6.45, 7) is 1.92. The molecule has 2 aromatic carbocycles. The minimum atomic E-state index is -0.241. The Morgan fingerprint density at radius 2 is 1.90 bits per heavy atom. The standard InChI is InChI=1S/C18H15NOS/c1-13-4-3-5-15(10-13)18(20)16(12-19)11-14-6-8-17(21-2)9-7-14/h3-11H,1-2H3/b16-11+. The number of nitriles is 1. The Morgan fingerprint density at radius 3 is 2.48 bits per heavy atom. The van der Waals surface area contributed by atoms with Crippen molar-refractivity contribution >= 4 is 23.6 Å². The zero-order chi connectivity index (χ0) is 15.2. The number of rotatable bonds is 4. The van der Waals surface area contributed by atoms with Crippen LogP contribution in [0.2, 0.25) is 0 Å². The van der Waals surface area contributed by atoms with E-state index in [1.54, 1.807) is 30.0 Å². The van der Waals surface area contributed by atoms with Crippen LogP contribution in [0.25, 0.3) is 6.08 Å². The highest BCUT2D eigenvalue weighted by Crippen LogP contribution is 2.18. The highest BCUT2D eigenvalue weighted by molar-refractivity contribution is 7.98. The molecule has 2 aromatic rings. The van der Waals surface area contributed by atoms with Crippen LogP contribution in [-0.4, -0.2) is 12.0 Å². The third-order valence-electron chi connectivity index (χ3n) is 3.07. The molecule has 2 rings (SSSR count). The fourth-order valence-corrected chi connectivity index (χ4v) is 2.37. The lowest BCUT2D eigenvalue weighted by atomic mass is 10.0. The van der Waals surface area contributed by atoms with Gasteiger partial charge in [-0.05, 0) is 43.0 Å². The number of benzene rings is 2. The number of ketones is 1. The minimum absolute atomic E-state index is 0.150. The first-order chi connectivity index (χ1) is 10.1. The summed E-state index contributed by atoms with van der Waals surface area (Å²) in [6.07, 6.45) is 3.64. The van der Waals surface area contributed by atoms with Crippen LogP contribution < -0.4 is 0 Å². The van der Waals surface area contributed by atoms with Crippen LogP contribution in [0.4, 0.5) is 0 Å². The van der Waals surface area contributed by atoms with Gasteiger partial charge in [-0.1, -0.05) is 35.9 Å². The van der Waals surface area contributed by atoms with Gasteiger partial charge in [-0.2, -0.15) is 5.26 Å². The third-order valence-corrected chi connectivity index (χ3v) is 3.82. The van der Waals surface area contributed by atoms with Gasteiger partial charge < -0.3 is 0 Å². The first-order valence-corrected chi connectivity index (χ1v) is 7.73. The summed E-state index contributed by atoms with van der Waals surface area (Å²) < 4.78 is 0. The lowest BCUT2D eigenvalue weighted by Crippen LogP contribution is -2.02. The predicted molar refractivity (Wildman–Crippen MR) is 87.3 cm³/mol. The van der Waals surface area contributed by atoms with Crippen LogP contribution in [0.1, 0.15) is 21.5 Å². The molecule has 0 aliphatic heterocycles. The maximum atomic E-state index is 12.4. The maximum absolute atomic E-state index is 12.4. The maximum Gasteiger partial charge on any atom is 0.203 e. The average molecular weight is 293 g/mol. The molecule has 3 heteroatoms. The van der Waals surface area contributed by atoms with Gasteiger partial charge in [-0.3, -0.25) is 4.79 Å². The zero-order valence-corrected chi connectivity index (χ0v) is 12.8. The zero-order valence-electron chi connectivity index (χ0n) is 12.0. The molecule has 0 aromatic heterocycles. The Morgan fingerprint density at radius 1 is 1.19 bits per heavy atom. The summed E-state index contributed by atoms with van der Waals surface area (Å²) in [7, 11) is 0. The van der Waals surface area contributed by atoms with E-state index in [-0.39, 0.29) is 11.4 Å². The Labute approximate surface area is 129 Å². The van der Waals surface area contributed by atoms with Gasteiger partial charge in [0.25, 0.3) is 0 Å². The first-order valence-electron chi connectivity index (χ1n) is 6.51. The molecule has 0 amide bonds. The van der Waals surface area contributed by atoms with Crippen LogP contribution in [-0.2, 0) is 0 Å². The lowest BCUT2D eigenvalue weighted by Gasteiger charge is -2.02. The number of nitrogens with zero attached hydrogens (tertiary/aromatic N) is 1. The minimum Gasteiger partial charge on any atom is -0.288 e. The highest BCUT2D eigenvalue weighted by atomic mass is 32.2. The molecule has 0 fully saturated rings. The van der Waals surface area contributed by atoms with Crippen molar-refractivity contribution in [2.75, 3.05) is 6.26 Å². The molecule has 0 N–H and O–H groups in total. The van der Waals surface area contributed by atoms with Crippen molar-refractivity contribution in [3.63, 3.8) is 0 Å². The summed E-state index contributed by atoms with van der Waals surface area (Å²) >= 11 is 1.65. The van der Waals surface area contributed by atoms with Crippen LogP contribution >= 0.6 is 11.8 Å². The van der Waals surface area contributed by atoms with E-state index in [0.717, 1.165) is 16.0 Å². The largest absolute Gasteiger partial charge is 0.288 e. The molecule has 0 spiro atoms. The molecule has 21 heavy (non-hydrogen) atoms. The van der Waals surface area contributed by atoms with Crippen molar-refractivity contribution in [2.45, 2.75) is 11.8 Å². The number of Topliss-reactive ketones (excluding diaryl/α,β-unsaturated/α-hetero) is 1. The molecule has 0 bridgehead atoms. The molecule has 104 valence electrons. The number of hydrogen-bond acceptors (Lipinski definition) is 3. The fourth-order valence-electron chi connectivity index (χ4n) is 1.96. The highest BCUT2D eigenvalue weighted by Gasteiger charge is 2.12. The average Bonchev–Trinajstić information content (AvgIpc) is 2.52. The number of thioether (sulfide) groups is 1. The van der Waals surface area contributed by atoms with E-state index < -0.39 is 0 Å². The molecule has 0 aliphatic carbocycles. The quantitative estimate of drug-likeness (QED) is 0.360. The van der Waals surface area contributed by atoms with E-state index >= 15 is 0 Å². The van der Waals surface area contributed by atoms with Gasteiger partial charge in [0.15, 0.2) is 0 Å². The number of allylic oxidation sites excluding steroid dienone is 1. The molecule has 0 saturated carbocycles. The van der Waals surface area contributed by atoms with Gasteiger partial charge in [0.05, 0.1) is 0 Å². The summed E-state index contributed by atoms with van der Waals surface area (Å²) in [5.74, 6) is -0.241. The van der Waals surface area contributed by atoms with E-state index in [9.17, 15) is 10.1 Å². The number of hydrogen-bond donors (Lipinski definition) is 0. The molecule has 0 atom stereocenters. The smallest absolute Gasteiger partial charge is 0.203 e. The normalized spacial score (nSPS) is 11.0. The molecule has 0 saturated heterocycles. The Kier molecular flexibility index (Phi) is 4.97. The Balaban J connectivity index is 2.32. The van der Waals surface area contributed by atoms with Gasteiger partial charge in [-0.25, -0.2) is 0 Å². The van der Waals surface area contributed by atoms with Gasteiger partial charge in [0.2, 0.25) is 5.78 Å². The van der Waals surface area contributed by atoms with Crippen molar-refractivity contribution in [1.82, 2.24) is 0 Å². The summed E-state index contributed by atoms with van der Waals surface area (Å²) in [6, 6.07) is 17.0. The molecular weight excluding hydrogens is 278 g/mol. The molecule has 0 unspecified atom stereocenters. The van der Waals surface area contributed by atoms with Crippen molar-refractivity contribution < 1.29 is 4.79 Å². The van der Waals surface area contributed by atoms with Crippen LogP contribution in [0, 0.1) is 18.3 Å². The monoisotopic (exact) mass is 293 g/mol. The number of aryl methyl sites for hydroxylation is 1. The van der Waals surface area contributed by atoms with Gasteiger partial charge in [0.1, 0.15) is 11.6 Å². The SMILES string of the molecule is CSc1ccc(/C=C(\C#N)C(=O)c2cccc(C)c2)cc1. The van der Waals surface area contributed by atoms with Crippen molar-refractivity contribution in [2.24, 2.45) is 0 Å². The summed E-state index contributed by atoms with van der Waals surface area (Å²) in [4.78, 5) is 13.5. The number of carbonyl (C=O) groups excluding carboxylic acids is 1. The second kappa shape index (κ2) is 6.92. The van der Waals surface area contributed by atoms with E-state index in [1.807, 2.05) is 55.6 Å². The van der Waals surface area contributed by atoms with Gasteiger partial charge >= 0.3 is 0 Å². The second-order valence-electron chi connectivity index (χ2n) is 4.64. The van der Waals surface area contributed by atoms with Crippen LogP contribution in [0.3, 0.4) is 0 Å².